The fraction of sp³-hybridized carbons (Fsp3) is 0.222. The molecule has 80 heavy (non-hydrogen) atoms. The number of hydrogen-bond acceptors (Lipinski definition) is 24. The maximum absolute atomic E-state index is 12.5. The second-order valence-corrected chi connectivity index (χ2v) is 26.8. The molecular weight excluding hydrogens is 1190 g/mol. The van der Waals surface area contributed by atoms with E-state index in [1.807, 2.05) is 6.07 Å². The zero-order chi connectivity index (χ0) is 58.4. The SMILES string of the molecule is Cc1cc(N=Nc2cc(OCCCS(=O)(=O)O)c(N=Nc3c(C)c(C#N)c4nc5c(S(=O)(=O)O)cc(CO)cc5n4c3O)cc2C)c(SCCCS(=O)(=O)O)cc1N=Nc1nc2c(S(=O)(=O)O)cc3ccc(S(=O)(=O)O)cc3c2s1. The van der Waals surface area contributed by atoms with Gasteiger partial charge in [0.1, 0.15) is 43.9 Å². The summed E-state index contributed by atoms with van der Waals surface area (Å²) < 4.78 is 175. The number of thioether (sulfide) groups is 1. The van der Waals surface area contributed by atoms with E-state index in [4.69, 9.17) is 4.74 Å². The summed E-state index contributed by atoms with van der Waals surface area (Å²) in [5.74, 6) is -1.93. The quantitative estimate of drug-likeness (QED) is 0.0162. The number of aromatic nitrogens is 3. The molecule has 0 spiro atoms. The Morgan fingerprint density at radius 1 is 0.688 bits per heavy atom. The van der Waals surface area contributed by atoms with Gasteiger partial charge in [-0.3, -0.25) is 27.2 Å². The Morgan fingerprint density at radius 2 is 1.30 bits per heavy atom. The van der Waals surface area contributed by atoms with E-state index >= 15 is 0 Å². The van der Waals surface area contributed by atoms with Crippen LogP contribution < -0.4 is 4.74 Å². The zero-order valence-corrected chi connectivity index (χ0v) is 46.9. The van der Waals surface area contributed by atoms with Crippen molar-refractivity contribution in [2.75, 3.05) is 23.9 Å². The number of hydrogen-bond donors (Lipinski definition) is 7. The van der Waals surface area contributed by atoms with Crippen LogP contribution in [0.1, 0.15) is 40.7 Å². The lowest BCUT2D eigenvalue weighted by atomic mass is 10.1. The van der Waals surface area contributed by atoms with Gasteiger partial charge in [-0.25, -0.2) is 9.97 Å². The molecule has 0 radical (unpaired) electrons. The van der Waals surface area contributed by atoms with Gasteiger partial charge >= 0.3 is 0 Å². The lowest BCUT2D eigenvalue weighted by Gasteiger charge is -2.12. The summed E-state index contributed by atoms with van der Waals surface area (Å²) in [5, 5.41) is 58.0. The molecular formula is C45H40N10O18S7. The number of pyridine rings is 1. The standard InChI is InChI=1S/C45H40N10O18S7/c1-22-12-32(51-53-39-24(3)29(20-46)43-47-40-34(55(43)44(39)57)14-25(21-56)15-37(40)79(67,68)69)35(73-8-4-10-76(58,59)60)18-30(22)49-52-33-13-23(2)31(19-36(33)74-9-5-11-77(61,62)63)50-54-45-48-41-38(80(70,71)72)16-26-6-7-27(78(64,65)66)17-28(26)42(41)75-45/h6-7,12-19,56-57H,4-5,8-11,21H2,1-3H3,(H,58,59,60)(H,61,62,63)(H,64,65,66)(H,67,68,69)(H,70,71,72). The van der Waals surface area contributed by atoms with Crippen LogP contribution in [-0.2, 0) is 57.2 Å². The average Bonchev–Trinajstić information content (AvgIpc) is 4.14. The minimum atomic E-state index is -4.94. The van der Waals surface area contributed by atoms with Crippen molar-refractivity contribution in [1.82, 2.24) is 14.4 Å². The van der Waals surface area contributed by atoms with Gasteiger partial charge < -0.3 is 14.9 Å². The van der Waals surface area contributed by atoms with Crippen LogP contribution in [0.3, 0.4) is 0 Å². The fourth-order valence-electron chi connectivity index (χ4n) is 7.89. The summed E-state index contributed by atoms with van der Waals surface area (Å²) in [6.45, 7) is 3.61. The molecule has 0 amide bonds. The van der Waals surface area contributed by atoms with Gasteiger partial charge in [-0.05, 0) is 110 Å². The molecule has 35 heteroatoms. The third-order valence-corrected chi connectivity index (χ3v) is 17.9. The number of nitrogens with zero attached hydrogens (tertiary/aromatic N) is 10. The number of thiazole rings is 1. The first-order valence-corrected chi connectivity index (χ1v) is 31.9. The van der Waals surface area contributed by atoms with E-state index in [-0.39, 0.29) is 119 Å². The van der Waals surface area contributed by atoms with Crippen LogP contribution in [-0.4, -0.2) is 113 Å². The Balaban J connectivity index is 1.19. The molecule has 28 nitrogen and oxygen atoms in total. The predicted octanol–water partition coefficient (Wildman–Crippen LogP) is 9.26. The summed E-state index contributed by atoms with van der Waals surface area (Å²) in [4.78, 5) is 7.03. The number of azo groups is 3. The molecule has 0 saturated carbocycles. The second kappa shape index (κ2) is 22.5. The van der Waals surface area contributed by atoms with Gasteiger partial charge in [0.15, 0.2) is 11.3 Å². The Labute approximate surface area is 462 Å². The minimum Gasteiger partial charge on any atom is -0.493 e. The van der Waals surface area contributed by atoms with Crippen LogP contribution >= 0.6 is 23.1 Å². The van der Waals surface area contributed by atoms with E-state index in [0.717, 1.165) is 51.8 Å². The van der Waals surface area contributed by atoms with Gasteiger partial charge in [0.2, 0.25) is 11.0 Å². The Bertz CT molecular complexity index is 4640. The van der Waals surface area contributed by atoms with Crippen LogP contribution in [0.25, 0.3) is 37.7 Å². The molecule has 0 aliphatic carbocycles. The molecule has 0 saturated heterocycles. The van der Waals surface area contributed by atoms with Gasteiger partial charge in [0.25, 0.3) is 50.6 Å². The summed E-state index contributed by atoms with van der Waals surface area (Å²) in [6, 6.07) is 14.5. The molecule has 0 unspecified atom stereocenters. The van der Waals surface area contributed by atoms with Gasteiger partial charge in [0.05, 0.1) is 56.9 Å². The summed E-state index contributed by atoms with van der Waals surface area (Å²) in [6.07, 6.45) is -0.230. The van der Waals surface area contributed by atoms with Gasteiger partial charge in [0, 0.05) is 21.9 Å². The Kier molecular flexibility index (Phi) is 16.6. The topological polar surface area (TPSA) is 450 Å². The first-order chi connectivity index (χ1) is 37.3. The van der Waals surface area contributed by atoms with Crippen molar-refractivity contribution in [2.45, 2.75) is 59.8 Å². The number of aromatic hydroxyl groups is 1. The van der Waals surface area contributed by atoms with E-state index in [2.05, 4.69) is 40.7 Å². The molecule has 3 heterocycles. The van der Waals surface area contributed by atoms with Crippen molar-refractivity contribution in [3.05, 3.63) is 88.5 Å². The van der Waals surface area contributed by atoms with Crippen molar-refractivity contribution in [3.8, 4) is 17.7 Å². The molecule has 0 aliphatic heterocycles. The zero-order valence-electron chi connectivity index (χ0n) is 41.2. The highest BCUT2D eigenvalue weighted by molar-refractivity contribution is 7.99. The molecule has 7 N–H and O–H groups in total. The number of nitriles is 1. The Morgan fingerprint density at radius 3 is 1.94 bits per heavy atom. The predicted molar refractivity (Wildman–Crippen MR) is 289 cm³/mol. The van der Waals surface area contributed by atoms with E-state index in [1.54, 1.807) is 19.9 Å². The van der Waals surface area contributed by atoms with Crippen molar-refractivity contribution in [1.29, 1.82) is 5.26 Å². The van der Waals surface area contributed by atoms with Crippen molar-refractivity contribution >= 4 is 145 Å². The van der Waals surface area contributed by atoms with Gasteiger partial charge in [-0.1, -0.05) is 17.4 Å². The highest BCUT2D eigenvalue weighted by atomic mass is 32.2. The maximum Gasteiger partial charge on any atom is 0.296 e. The molecule has 420 valence electrons. The molecule has 5 aromatic carbocycles. The third-order valence-electron chi connectivity index (χ3n) is 11.6. The normalized spacial score (nSPS) is 13.1. The molecule has 0 bridgehead atoms. The lowest BCUT2D eigenvalue weighted by molar-refractivity contribution is 0.281. The number of rotatable bonds is 20. The van der Waals surface area contributed by atoms with Crippen LogP contribution in [0.4, 0.5) is 33.6 Å². The average molecular weight is 1230 g/mol. The molecule has 8 rings (SSSR count). The number of aliphatic hydroxyl groups excluding tert-OH is 1. The van der Waals surface area contributed by atoms with Crippen LogP contribution in [0.15, 0.2) is 111 Å². The van der Waals surface area contributed by atoms with E-state index in [1.165, 1.54) is 37.3 Å². The third kappa shape index (κ3) is 13.1. The largest absolute Gasteiger partial charge is 0.493 e. The molecule has 8 aromatic rings. The lowest BCUT2D eigenvalue weighted by Crippen LogP contribution is -2.08. The fourth-order valence-corrected chi connectivity index (χ4v) is 12.9. The smallest absolute Gasteiger partial charge is 0.296 e. The highest BCUT2D eigenvalue weighted by Crippen LogP contribution is 2.44. The number of aryl methyl sites for hydroxylation is 2. The first kappa shape index (κ1) is 59.1. The summed E-state index contributed by atoms with van der Waals surface area (Å²) in [7, 11) is -23.3. The van der Waals surface area contributed by atoms with Gasteiger partial charge in [-0.2, -0.15) is 52.5 Å². The van der Waals surface area contributed by atoms with Crippen molar-refractivity contribution in [3.63, 3.8) is 0 Å². The number of aliphatic hydroxyl groups is 1. The molecule has 0 fully saturated rings. The number of benzene rings is 5. The number of imidazole rings is 1. The number of ether oxygens (including phenoxy) is 1. The van der Waals surface area contributed by atoms with Crippen LogP contribution in [0.5, 0.6) is 11.6 Å². The monoisotopic (exact) mass is 1230 g/mol. The summed E-state index contributed by atoms with van der Waals surface area (Å²) >= 11 is 1.89. The maximum atomic E-state index is 12.5. The van der Waals surface area contributed by atoms with E-state index < -0.39 is 89.3 Å². The van der Waals surface area contributed by atoms with Crippen LogP contribution in [0, 0.1) is 32.1 Å². The van der Waals surface area contributed by atoms with Gasteiger partial charge in [-0.15, -0.1) is 37.3 Å². The van der Waals surface area contributed by atoms with Crippen LogP contribution in [0.2, 0.25) is 0 Å². The molecule has 0 atom stereocenters. The minimum absolute atomic E-state index is 0.000847. The van der Waals surface area contributed by atoms with Crippen molar-refractivity contribution in [2.24, 2.45) is 30.7 Å². The highest BCUT2D eigenvalue weighted by Gasteiger charge is 2.27. The number of fused-ring (bicyclic) bond motifs is 6. The van der Waals surface area contributed by atoms with Crippen molar-refractivity contribution < 1.29 is 79.8 Å². The molecule has 3 aromatic heterocycles. The molecule has 0 aliphatic rings. The van der Waals surface area contributed by atoms with E-state index in [0.29, 0.717) is 16.0 Å². The van der Waals surface area contributed by atoms with E-state index in [9.17, 15) is 80.3 Å². The summed E-state index contributed by atoms with van der Waals surface area (Å²) in [5.41, 5.74) is -0.144. The first-order valence-electron chi connectivity index (χ1n) is 22.6. The second-order valence-electron chi connectivity index (χ2n) is 17.3. The Hall–Kier alpha value is -7.05.